The molecule has 16 heavy (non-hydrogen) atoms. The van der Waals surface area contributed by atoms with Crippen molar-refractivity contribution in [2.75, 3.05) is 5.73 Å². The van der Waals surface area contributed by atoms with Gasteiger partial charge in [0.05, 0.1) is 3.57 Å². The van der Waals surface area contributed by atoms with Gasteiger partial charge in [-0.05, 0) is 34.7 Å². The van der Waals surface area contributed by atoms with Crippen LogP contribution in [0.3, 0.4) is 0 Å². The number of halogens is 2. The first-order valence-electron chi connectivity index (χ1n) is 4.34. The molecule has 0 unspecified atom stereocenters. The van der Waals surface area contributed by atoms with Crippen LogP contribution in [-0.2, 0) is 0 Å². The second-order valence-corrected chi connectivity index (χ2v) is 5.08. The lowest BCUT2D eigenvalue weighted by Gasteiger charge is -2.07. The van der Waals surface area contributed by atoms with E-state index in [1.54, 1.807) is 18.3 Å². The van der Waals surface area contributed by atoms with Crippen LogP contribution in [0.2, 0.25) is 0 Å². The summed E-state index contributed by atoms with van der Waals surface area (Å²) in [5.41, 5.74) is 6.34. The molecule has 0 saturated heterocycles. The average Bonchev–Trinajstić information content (AvgIpc) is 2.20. The van der Waals surface area contributed by atoms with E-state index in [0.29, 0.717) is 17.3 Å². The van der Waals surface area contributed by atoms with Crippen LogP contribution < -0.4 is 10.5 Å². The summed E-state index contributed by atoms with van der Waals surface area (Å²) in [5, 5.41) is 0. The molecule has 6 heteroatoms. The minimum Gasteiger partial charge on any atom is -0.438 e. The van der Waals surface area contributed by atoms with Gasteiger partial charge in [-0.2, -0.15) is 0 Å². The zero-order valence-corrected chi connectivity index (χ0v) is 11.8. The van der Waals surface area contributed by atoms with Crippen molar-refractivity contribution >= 4 is 44.2 Å². The summed E-state index contributed by atoms with van der Waals surface area (Å²) in [6, 6.07) is 5.37. The highest BCUT2D eigenvalue weighted by atomic mass is 127. The van der Waals surface area contributed by atoms with Gasteiger partial charge in [0.2, 0.25) is 5.88 Å². The Kier molecular flexibility index (Phi) is 3.59. The first kappa shape index (κ1) is 11.6. The molecule has 0 amide bonds. The fraction of sp³-hybridized carbons (Fsp3) is 0. The summed E-state index contributed by atoms with van der Waals surface area (Å²) in [6.07, 6.45) is 3.13. The van der Waals surface area contributed by atoms with Crippen molar-refractivity contribution in [3.8, 4) is 11.6 Å². The fourth-order valence-electron chi connectivity index (χ4n) is 1.13. The Morgan fingerprint density at radius 1 is 1.31 bits per heavy atom. The van der Waals surface area contributed by atoms with Gasteiger partial charge in [-0.25, -0.2) is 9.97 Å². The molecular weight excluding hydrogens is 385 g/mol. The van der Waals surface area contributed by atoms with Crippen molar-refractivity contribution < 1.29 is 4.74 Å². The van der Waals surface area contributed by atoms with Crippen LogP contribution in [0.15, 0.2) is 35.2 Å². The van der Waals surface area contributed by atoms with E-state index in [1.807, 2.05) is 6.07 Å². The Bertz CT molecular complexity index is 501. The van der Waals surface area contributed by atoms with E-state index in [2.05, 4.69) is 48.5 Å². The maximum Gasteiger partial charge on any atom is 0.235 e. The van der Waals surface area contributed by atoms with Crippen molar-refractivity contribution in [3.63, 3.8) is 0 Å². The van der Waals surface area contributed by atoms with E-state index in [4.69, 9.17) is 10.5 Å². The lowest BCUT2D eigenvalue weighted by molar-refractivity contribution is 0.457. The Hall–Kier alpha value is -0.890. The molecule has 0 fully saturated rings. The van der Waals surface area contributed by atoms with E-state index < -0.39 is 0 Å². The number of hydrogen-bond acceptors (Lipinski definition) is 4. The maximum atomic E-state index is 5.71. The molecule has 0 atom stereocenters. The minimum atomic E-state index is 0.521. The number of ether oxygens (including phenoxy) is 1. The van der Waals surface area contributed by atoms with Crippen LogP contribution in [0.4, 0.5) is 5.69 Å². The van der Waals surface area contributed by atoms with Gasteiger partial charge >= 0.3 is 0 Å². The molecular formula is C10H7BrIN3O. The fourth-order valence-corrected chi connectivity index (χ4v) is 2.03. The van der Waals surface area contributed by atoms with Crippen LogP contribution in [0.1, 0.15) is 0 Å². The van der Waals surface area contributed by atoms with Crippen molar-refractivity contribution in [3.05, 3.63) is 38.8 Å². The zero-order chi connectivity index (χ0) is 11.5. The van der Waals surface area contributed by atoms with Gasteiger partial charge in [0.1, 0.15) is 12.1 Å². The summed E-state index contributed by atoms with van der Waals surface area (Å²) in [6.45, 7) is 0. The normalized spacial score (nSPS) is 10.1. The Morgan fingerprint density at radius 3 is 2.81 bits per heavy atom. The highest BCUT2D eigenvalue weighted by molar-refractivity contribution is 14.1. The predicted octanol–water partition coefficient (Wildman–Crippen LogP) is 3.22. The SMILES string of the molecule is Nc1cc(Br)cc(Oc2ncncc2I)c1. The van der Waals surface area contributed by atoms with Crippen LogP contribution in [0, 0.1) is 3.57 Å². The van der Waals surface area contributed by atoms with Gasteiger partial charge < -0.3 is 10.5 Å². The molecule has 2 N–H and O–H groups in total. The molecule has 0 radical (unpaired) electrons. The van der Waals surface area contributed by atoms with Gasteiger partial charge in [-0.15, -0.1) is 0 Å². The molecule has 2 rings (SSSR count). The number of aromatic nitrogens is 2. The third kappa shape index (κ3) is 2.82. The molecule has 1 aromatic carbocycles. The van der Waals surface area contributed by atoms with Crippen LogP contribution in [0.25, 0.3) is 0 Å². The van der Waals surface area contributed by atoms with Crippen molar-refractivity contribution in [2.24, 2.45) is 0 Å². The van der Waals surface area contributed by atoms with Gasteiger partial charge in [-0.1, -0.05) is 15.9 Å². The first-order chi connectivity index (χ1) is 7.65. The van der Waals surface area contributed by atoms with Crippen molar-refractivity contribution in [1.29, 1.82) is 0 Å². The molecule has 0 aliphatic carbocycles. The lowest BCUT2D eigenvalue weighted by atomic mass is 10.3. The Balaban J connectivity index is 2.30. The molecule has 1 aromatic heterocycles. The third-order valence-electron chi connectivity index (χ3n) is 1.74. The molecule has 82 valence electrons. The van der Waals surface area contributed by atoms with E-state index in [-0.39, 0.29) is 0 Å². The standard InChI is InChI=1S/C10H7BrIN3O/c11-6-1-7(13)3-8(2-6)16-10-9(12)4-14-5-15-10/h1-5H,13H2. The molecule has 1 heterocycles. The molecule has 0 saturated carbocycles. The minimum absolute atomic E-state index is 0.521. The monoisotopic (exact) mass is 391 g/mol. The number of rotatable bonds is 2. The summed E-state index contributed by atoms with van der Waals surface area (Å²) < 4.78 is 7.32. The van der Waals surface area contributed by atoms with Gasteiger partial charge in [-0.3, -0.25) is 0 Å². The van der Waals surface area contributed by atoms with Gasteiger partial charge in [0, 0.05) is 22.4 Å². The largest absolute Gasteiger partial charge is 0.438 e. The van der Waals surface area contributed by atoms with Gasteiger partial charge in [0.15, 0.2) is 0 Å². The summed E-state index contributed by atoms with van der Waals surface area (Å²) in [7, 11) is 0. The second kappa shape index (κ2) is 4.96. The third-order valence-corrected chi connectivity index (χ3v) is 2.94. The van der Waals surface area contributed by atoms with Gasteiger partial charge in [0.25, 0.3) is 0 Å². The molecule has 2 aromatic rings. The van der Waals surface area contributed by atoms with Crippen LogP contribution in [-0.4, -0.2) is 9.97 Å². The summed E-state index contributed by atoms with van der Waals surface area (Å²) in [5.74, 6) is 1.16. The van der Waals surface area contributed by atoms with E-state index >= 15 is 0 Å². The number of benzene rings is 1. The maximum absolute atomic E-state index is 5.71. The Labute approximate surface area is 115 Å². The predicted molar refractivity (Wildman–Crippen MR) is 73.4 cm³/mol. The highest BCUT2D eigenvalue weighted by Gasteiger charge is 2.05. The summed E-state index contributed by atoms with van der Waals surface area (Å²) in [4.78, 5) is 7.93. The van der Waals surface area contributed by atoms with Crippen LogP contribution in [0.5, 0.6) is 11.6 Å². The van der Waals surface area contributed by atoms with Crippen molar-refractivity contribution in [2.45, 2.75) is 0 Å². The topological polar surface area (TPSA) is 61.0 Å². The molecule has 0 spiro atoms. The lowest BCUT2D eigenvalue weighted by Crippen LogP contribution is -1.93. The van der Waals surface area contributed by atoms with E-state index in [0.717, 1.165) is 8.04 Å². The Morgan fingerprint density at radius 2 is 2.12 bits per heavy atom. The molecule has 0 bridgehead atoms. The molecule has 0 aliphatic rings. The van der Waals surface area contributed by atoms with Crippen LogP contribution >= 0.6 is 38.5 Å². The number of anilines is 1. The average molecular weight is 392 g/mol. The highest BCUT2D eigenvalue weighted by Crippen LogP contribution is 2.28. The second-order valence-electron chi connectivity index (χ2n) is 3.00. The smallest absolute Gasteiger partial charge is 0.235 e. The first-order valence-corrected chi connectivity index (χ1v) is 6.22. The number of nitrogen functional groups attached to an aromatic ring is 1. The van der Waals surface area contributed by atoms with Crippen molar-refractivity contribution in [1.82, 2.24) is 9.97 Å². The van der Waals surface area contributed by atoms with E-state index in [1.165, 1.54) is 6.33 Å². The zero-order valence-electron chi connectivity index (χ0n) is 8.02. The quantitative estimate of drug-likeness (QED) is 0.630. The number of nitrogens with two attached hydrogens (primary N) is 1. The number of nitrogens with zero attached hydrogens (tertiary/aromatic N) is 2. The number of hydrogen-bond donors (Lipinski definition) is 1. The van der Waals surface area contributed by atoms with E-state index in [9.17, 15) is 0 Å². The molecule has 0 aliphatic heterocycles. The summed E-state index contributed by atoms with van der Waals surface area (Å²) >= 11 is 5.46. The molecule has 4 nitrogen and oxygen atoms in total.